The Hall–Kier alpha value is -2.51. The van der Waals surface area contributed by atoms with E-state index in [0.29, 0.717) is 38.6 Å². The molecule has 4 rings (SSSR count). The van der Waals surface area contributed by atoms with Crippen molar-refractivity contribution in [3.63, 3.8) is 0 Å². The molecule has 1 aliphatic rings. The SMILES string of the molecule is CC1(C)CC(NC(=O)NN)c2cc(-c3ccc(Cl)cc3)c(-c3ccc(Cl)cc3Cl)nc2O1. The van der Waals surface area contributed by atoms with Crippen LogP contribution in [0.2, 0.25) is 15.1 Å². The molecule has 9 heteroatoms. The topological polar surface area (TPSA) is 89.3 Å². The van der Waals surface area contributed by atoms with Crippen LogP contribution in [-0.2, 0) is 0 Å². The van der Waals surface area contributed by atoms with Crippen molar-refractivity contribution in [3.8, 4) is 28.3 Å². The van der Waals surface area contributed by atoms with E-state index in [9.17, 15) is 4.79 Å². The molecule has 0 aliphatic carbocycles. The molecule has 0 bridgehead atoms. The summed E-state index contributed by atoms with van der Waals surface area (Å²) < 4.78 is 6.20. The van der Waals surface area contributed by atoms with Crippen LogP contribution in [0.1, 0.15) is 31.9 Å². The highest BCUT2D eigenvalue weighted by molar-refractivity contribution is 6.36. The van der Waals surface area contributed by atoms with Crippen LogP contribution >= 0.6 is 34.8 Å². The van der Waals surface area contributed by atoms with E-state index in [-0.39, 0.29) is 6.04 Å². The maximum absolute atomic E-state index is 12.0. The fraction of sp³-hybridized carbons (Fsp3) is 0.217. The van der Waals surface area contributed by atoms with Gasteiger partial charge in [-0.05, 0) is 55.8 Å². The van der Waals surface area contributed by atoms with Crippen molar-refractivity contribution in [2.24, 2.45) is 5.84 Å². The molecular formula is C23H21Cl3N4O2. The van der Waals surface area contributed by atoms with Crippen LogP contribution in [0.25, 0.3) is 22.4 Å². The molecule has 32 heavy (non-hydrogen) atoms. The molecule has 166 valence electrons. The number of urea groups is 1. The second-order valence-corrected chi connectivity index (χ2v) is 9.43. The van der Waals surface area contributed by atoms with Crippen molar-refractivity contribution in [3.05, 3.63) is 69.2 Å². The lowest BCUT2D eigenvalue weighted by Gasteiger charge is -2.37. The summed E-state index contributed by atoms with van der Waals surface area (Å²) in [6, 6.07) is 13.8. The third-order valence-corrected chi connectivity index (χ3v) is 6.04. The Balaban J connectivity index is 1.95. The zero-order valence-electron chi connectivity index (χ0n) is 17.4. The van der Waals surface area contributed by atoms with Gasteiger partial charge in [-0.15, -0.1) is 0 Å². The number of carbonyl (C=O) groups is 1. The second-order valence-electron chi connectivity index (χ2n) is 8.15. The Kier molecular flexibility index (Phi) is 6.23. The Morgan fingerprint density at radius 2 is 1.75 bits per heavy atom. The normalized spacial score (nSPS) is 16.6. The van der Waals surface area contributed by atoms with Crippen molar-refractivity contribution in [1.29, 1.82) is 0 Å². The minimum Gasteiger partial charge on any atom is -0.471 e. The molecular weight excluding hydrogens is 471 g/mol. The number of rotatable bonds is 3. The van der Waals surface area contributed by atoms with Gasteiger partial charge in [-0.2, -0.15) is 0 Å². The highest BCUT2D eigenvalue weighted by atomic mass is 35.5. The van der Waals surface area contributed by atoms with Gasteiger partial charge in [0.1, 0.15) is 5.60 Å². The number of benzene rings is 2. The van der Waals surface area contributed by atoms with Crippen molar-refractivity contribution in [1.82, 2.24) is 15.7 Å². The van der Waals surface area contributed by atoms with E-state index in [2.05, 4.69) is 10.7 Å². The summed E-state index contributed by atoms with van der Waals surface area (Å²) in [5.41, 5.74) is 5.34. The predicted molar refractivity (Wildman–Crippen MR) is 128 cm³/mol. The van der Waals surface area contributed by atoms with Gasteiger partial charge in [0.15, 0.2) is 0 Å². The first-order valence-electron chi connectivity index (χ1n) is 9.89. The van der Waals surface area contributed by atoms with Gasteiger partial charge in [0.05, 0.1) is 16.8 Å². The highest BCUT2D eigenvalue weighted by Gasteiger charge is 2.36. The summed E-state index contributed by atoms with van der Waals surface area (Å²) in [6.07, 6.45) is 0.538. The molecule has 1 aromatic heterocycles. The summed E-state index contributed by atoms with van der Waals surface area (Å²) >= 11 is 18.8. The highest BCUT2D eigenvalue weighted by Crippen LogP contribution is 2.44. The van der Waals surface area contributed by atoms with Crippen LogP contribution in [0.5, 0.6) is 5.88 Å². The van der Waals surface area contributed by atoms with Crippen LogP contribution in [0.3, 0.4) is 0 Å². The minimum absolute atomic E-state index is 0.356. The molecule has 0 fully saturated rings. The molecule has 2 amide bonds. The molecule has 0 spiro atoms. The number of pyridine rings is 1. The molecule has 4 N–H and O–H groups in total. The maximum atomic E-state index is 12.0. The van der Waals surface area contributed by atoms with Crippen LogP contribution < -0.4 is 21.3 Å². The van der Waals surface area contributed by atoms with E-state index in [1.165, 1.54) is 0 Å². The zero-order valence-corrected chi connectivity index (χ0v) is 19.6. The number of nitrogens with two attached hydrogens (primary N) is 1. The van der Waals surface area contributed by atoms with Crippen molar-refractivity contribution in [2.75, 3.05) is 0 Å². The van der Waals surface area contributed by atoms with E-state index >= 15 is 0 Å². The molecule has 0 saturated heterocycles. The fourth-order valence-electron chi connectivity index (χ4n) is 3.81. The summed E-state index contributed by atoms with van der Waals surface area (Å²) in [5.74, 6) is 5.71. The summed E-state index contributed by atoms with van der Waals surface area (Å²) in [5, 5.41) is 4.50. The van der Waals surface area contributed by atoms with Crippen LogP contribution in [0.4, 0.5) is 4.79 Å². The largest absolute Gasteiger partial charge is 0.471 e. The zero-order chi connectivity index (χ0) is 23.0. The molecule has 1 aliphatic heterocycles. The van der Waals surface area contributed by atoms with Gasteiger partial charge in [0, 0.05) is 33.2 Å². The van der Waals surface area contributed by atoms with Crippen LogP contribution in [0, 0.1) is 0 Å². The van der Waals surface area contributed by atoms with Crippen molar-refractivity contribution in [2.45, 2.75) is 31.9 Å². The number of nitrogens with one attached hydrogen (secondary N) is 2. The number of halogens is 3. The fourth-order valence-corrected chi connectivity index (χ4v) is 4.44. The van der Waals surface area contributed by atoms with Crippen LogP contribution in [-0.4, -0.2) is 16.6 Å². The average Bonchev–Trinajstić information content (AvgIpc) is 2.73. The van der Waals surface area contributed by atoms with Gasteiger partial charge in [-0.25, -0.2) is 15.6 Å². The number of nitrogens with zero attached hydrogens (tertiary/aromatic N) is 1. The van der Waals surface area contributed by atoms with Gasteiger partial charge >= 0.3 is 6.03 Å². The van der Waals surface area contributed by atoms with Gasteiger partial charge in [0.25, 0.3) is 0 Å². The lowest BCUT2D eigenvalue weighted by atomic mass is 9.88. The lowest BCUT2D eigenvalue weighted by molar-refractivity contribution is 0.0621. The number of amides is 2. The number of fused-ring (bicyclic) bond motifs is 1. The number of carbonyl (C=O) groups excluding carboxylic acids is 1. The number of hydrogen-bond acceptors (Lipinski definition) is 4. The third-order valence-electron chi connectivity index (χ3n) is 5.24. The lowest BCUT2D eigenvalue weighted by Crippen LogP contribution is -2.46. The summed E-state index contributed by atoms with van der Waals surface area (Å²) in [6.45, 7) is 3.88. The number of aromatic nitrogens is 1. The van der Waals surface area contributed by atoms with Crippen molar-refractivity contribution < 1.29 is 9.53 Å². The molecule has 1 unspecified atom stereocenters. The van der Waals surface area contributed by atoms with E-state index < -0.39 is 11.6 Å². The summed E-state index contributed by atoms with van der Waals surface area (Å²) in [4.78, 5) is 16.9. The molecule has 3 aromatic rings. The monoisotopic (exact) mass is 490 g/mol. The molecule has 2 aromatic carbocycles. The van der Waals surface area contributed by atoms with E-state index in [0.717, 1.165) is 16.7 Å². The number of ether oxygens (including phenoxy) is 1. The first-order valence-corrected chi connectivity index (χ1v) is 11.0. The smallest absolute Gasteiger partial charge is 0.329 e. The Bertz CT molecular complexity index is 1180. The van der Waals surface area contributed by atoms with E-state index in [4.69, 9.17) is 50.4 Å². The Labute approximate surface area is 201 Å². The molecule has 2 heterocycles. The first kappa shape index (κ1) is 22.7. The number of hydrazine groups is 1. The van der Waals surface area contributed by atoms with Crippen LogP contribution in [0.15, 0.2) is 48.5 Å². The van der Waals surface area contributed by atoms with Gasteiger partial charge in [0.2, 0.25) is 5.88 Å². The van der Waals surface area contributed by atoms with Gasteiger partial charge in [-0.1, -0.05) is 46.9 Å². The second kappa shape index (κ2) is 8.79. The van der Waals surface area contributed by atoms with Gasteiger partial charge in [-0.3, -0.25) is 5.43 Å². The van der Waals surface area contributed by atoms with E-state index in [1.807, 2.05) is 38.1 Å². The average molecular weight is 492 g/mol. The third kappa shape index (κ3) is 4.64. The predicted octanol–water partition coefficient (Wildman–Crippen LogP) is 6.15. The standard InChI is InChI=1S/C23H21Cl3N4O2/c1-23(2)11-19(28-22(31)30-27)17-10-16(12-3-5-13(24)6-4-12)20(29-21(17)32-23)15-8-7-14(25)9-18(15)26/h3-10,19H,11,27H2,1-2H3,(H2,28,30,31). The molecule has 0 saturated carbocycles. The van der Waals surface area contributed by atoms with E-state index in [1.54, 1.807) is 24.3 Å². The number of hydrogen-bond donors (Lipinski definition) is 3. The quantitative estimate of drug-likeness (QED) is 0.233. The van der Waals surface area contributed by atoms with Crippen molar-refractivity contribution >= 4 is 40.8 Å². The maximum Gasteiger partial charge on any atom is 0.329 e. The molecule has 1 atom stereocenters. The molecule has 6 nitrogen and oxygen atoms in total. The first-order chi connectivity index (χ1) is 15.2. The Morgan fingerprint density at radius 3 is 2.41 bits per heavy atom. The minimum atomic E-state index is -0.560. The molecule has 0 radical (unpaired) electrons. The Morgan fingerprint density at radius 1 is 1.06 bits per heavy atom. The summed E-state index contributed by atoms with van der Waals surface area (Å²) in [7, 11) is 0. The van der Waals surface area contributed by atoms with Gasteiger partial charge < -0.3 is 10.1 Å².